The maximum Gasteiger partial charge on any atom is 0.255 e. The zero-order chi connectivity index (χ0) is 15.8. The van der Waals surface area contributed by atoms with Gasteiger partial charge in [0.1, 0.15) is 0 Å². The first-order valence-electron chi connectivity index (χ1n) is 7.60. The molecule has 1 atom stereocenters. The van der Waals surface area contributed by atoms with E-state index in [0.717, 1.165) is 25.7 Å². The predicted molar refractivity (Wildman–Crippen MR) is 82.9 cm³/mol. The van der Waals surface area contributed by atoms with E-state index >= 15 is 0 Å². The number of carbonyl (C=O) groups excluding carboxylic acids is 1. The Morgan fingerprint density at radius 3 is 2.64 bits per heavy atom. The number of hydrogen-bond acceptors (Lipinski definition) is 4. The molecule has 0 bridgehead atoms. The molecule has 2 aliphatic rings. The second-order valence-corrected chi connectivity index (χ2v) is 8.14. The van der Waals surface area contributed by atoms with Crippen molar-refractivity contribution < 1.29 is 13.2 Å². The largest absolute Gasteiger partial charge is 0.337 e. The van der Waals surface area contributed by atoms with Crippen molar-refractivity contribution in [1.82, 2.24) is 14.2 Å². The minimum atomic E-state index is -3.24. The van der Waals surface area contributed by atoms with Crippen molar-refractivity contribution in [1.29, 1.82) is 0 Å². The van der Waals surface area contributed by atoms with Crippen LogP contribution in [0.3, 0.4) is 0 Å². The van der Waals surface area contributed by atoms with Crippen LogP contribution in [0.5, 0.6) is 0 Å². The summed E-state index contributed by atoms with van der Waals surface area (Å²) in [6, 6.07) is 3.49. The number of piperidine rings is 1. The molecule has 0 aromatic carbocycles. The summed E-state index contributed by atoms with van der Waals surface area (Å²) in [6.45, 7) is 1.72. The molecule has 1 amide bonds. The van der Waals surface area contributed by atoms with Crippen LogP contribution in [-0.2, 0) is 10.0 Å². The van der Waals surface area contributed by atoms with Crippen molar-refractivity contribution in [3.63, 3.8) is 0 Å². The zero-order valence-electron chi connectivity index (χ0n) is 12.7. The molecular formula is C15H21N3O3S. The van der Waals surface area contributed by atoms with Crippen LogP contribution in [0.1, 0.15) is 36.0 Å². The second-order valence-electron chi connectivity index (χ2n) is 6.23. The molecule has 1 aromatic heterocycles. The van der Waals surface area contributed by atoms with E-state index in [1.54, 1.807) is 33.7 Å². The highest BCUT2D eigenvalue weighted by Crippen LogP contribution is 2.39. The normalized spacial score (nSPS) is 26.5. The fraction of sp³-hybridized carbons (Fsp3) is 0.600. The van der Waals surface area contributed by atoms with E-state index in [9.17, 15) is 13.2 Å². The molecule has 1 aromatic rings. The number of nitrogens with zero attached hydrogens (tertiary/aromatic N) is 3. The Labute approximate surface area is 131 Å². The van der Waals surface area contributed by atoms with Crippen LogP contribution in [0.25, 0.3) is 0 Å². The lowest BCUT2D eigenvalue weighted by molar-refractivity contribution is 0.0524. The molecule has 6 nitrogen and oxygen atoms in total. The molecule has 1 unspecified atom stereocenters. The lowest BCUT2D eigenvalue weighted by Gasteiger charge is -2.44. The van der Waals surface area contributed by atoms with Gasteiger partial charge in [-0.3, -0.25) is 9.78 Å². The van der Waals surface area contributed by atoms with Gasteiger partial charge in [-0.1, -0.05) is 0 Å². The second kappa shape index (κ2) is 5.62. The number of amides is 1. The van der Waals surface area contributed by atoms with Crippen molar-refractivity contribution in [3.8, 4) is 0 Å². The summed E-state index contributed by atoms with van der Waals surface area (Å²) in [7, 11) is -3.24. The first-order chi connectivity index (χ1) is 10.4. The topological polar surface area (TPSA) is 70.6 Å². The van der Waals surface area contributed by atoms with Crippen molar-refractivity contribution in [2.24, 2.45) is 0 Å². The van der Waals surface area contributed by atoms with Crippen LogP contribution >= 0.6 is 0 Å². The third kappa shape index (κ3) is 2.75. The van der Waals surface area contributed by atoms with Gasteiger partial charge < -0.3 is 4.90 Å². The van der Waals surface area contributed by atoms with Gasteiger partial charge in [0.25, 0.3) is 5.91 Å². The summed E-state index contributed by atoms with van der Waals surface area (Å²) < 4.78 is 25.7. The Kier molecular flexibility index (Phi) is 3.94. The van der Waals surface area contributed by atoms with E-state index in [4.69, 9.17) is 0 Å². The number of likely N-dealkylation sites (tertiary alicyclic amines) is 1. The van der Waals surface area contributed by atoms with Gasteiger partial charge >= 0.3 is 0 Å². The molecule has 22 heavy (non-hydrogen) atoms. The summed E-state index contributed by atoms with van der Waals surface area (Å²) in [4.78, 5) is 18.4. The maximum absolute atomic E-state index is 12.6. The van der Waals surface area contributed by atoms with E-state index in [0.29, 0.717) is 25.2 Å². The van der Waals surface area contributed by atoms with Gasteiger partial charge in [0.2, 0.25) is 10.0 Å². The van der Waals surface area contributed by atoms with Crippen molar-refractivity contribution in [2.45, 2.75) is 31.2 Å². The van der Waals surface area contributed by atoms with E-state index in [1.165, 1.54) is 6.26 Å². The van der Waals surface area contributed by atoms with Crippen molar-refractivity contribution in [3.05, 3.63) is 30.1 Å². The first-order valence-corrected chi connectivity index (χ1v) is 9.44. The molecule has 120 valence electrons. The smallest absolute Gasteiger partial charge is 0.255 e. The number of hydrogen-bond donors (Lipinski definition) is 0. The van der Waals surface area contributed by atoms with Gasteiger partial charge in [0.15, 0.2) is 0 Å². The Morgan fingerprint density at radius 2 is 2.00 bits per heavy atom. The van der Waals surface area contributed by atoms with Crippen LogP contribution in [0.2, 0.25) is 0 Å². The average molecular weight is 323 g/mol. The lowest BCUT2D eigenvalue weighted by atomic mass is 9.87. The summed E-state index contributed by atoms with van der Waals surface area (Å²) >= 11 is 0. The van der Waals surface area contributed by atoms with Gasteiger partial charge in [-0.2, -0.15) is 4.31 Å². The summed E-state index contributed by atoms with van der Waals surface area (Å²) in [5, 5.41) is 0. The van der Waals surface area contributed by atoms with Gasteiger partial charge in [0.05, 0.1) is 17.4 Å². The summed E-state index contributed by atoms with van der Waals surface area (Å²) in [6.07, 6.45) is 7.82. The van der Waals surface area contributed by atoms with Crippen LogP contribution in [-0.4, -0.2) is 59.9 Å². The van der Waals surface area contributed by atoms with E-state index < -0.39 is 15.6 Å². The van der Waals surface area contributed by atoms with Crippen molar-refractivity contribution in [2.75, 3.05) is 25.9 Å². The Balaban J connectivity index is 1.84. The Bertz CT molecular complexity index is 662. The lowest BCUT2D eigenvalue weighted by Crippen LogP contribution is -2.58. The number of pyridine rings is 1. The molecule has 7 heteroatoms. The predicted octanol–water partition coefficient (Wildman–Crippen LogP) is 1.11. The minimum absolute atomic E-state index is 0.0625. The molecule has 2 aliphatic heterocycles. The zero-order valence-corrected chi connectivity index (χ0v) is 13.6. The maximum atomic E-state index is 12.6. The number of rotatable bonds is 2. The molecule has 3 heterocycles. The Morgan fingerprint density at radius 1 is 1.27 bits per heavy atom. The molecule has 3 rings (SSSR count). The van der Waals surface area contributed by atoms with Gasteiger partial charge in [-0.25, -0.2) is 8.42 Å². The monoisotopic (exact) mass is 323 g/mol. The highest BCUT2D eigenvalue weighted by atomic mass is 32.2. The third-order valence-electron chi connectivity index (χ3n) is 4.68. The van der Waals surface area contributed by atoms with Gasteiger partial charge in [0, 0.05) is 32.0 Å². The number of carbonyl (C=O) groups is 1. The van der Waals surface area contributed by atoms with Crippen LogP contribution in [0.15, 0.2) is 24.5 Å². The van der Waals surface area contributed by atoms with Gasteiger partial charge in [-0.15, -0.1) is 0 Å². The van der Waals surface area contributed by atoms with E-state index in [2.05, 4.69) is 4.98 Å². The SMILES string of the molecule is CS(=O)(=O)N1CCCC12CCCN(C(=O)c1cccnc1)C2. The first kappa shape index (κ1) is 15.4. The highest BCUT2D eigenvalue weighted by molar-refractivity contribution is 7.88. The number of aromatic nitrogens is 1. The number of sulfonamides is 1. The van der Waals surface area contributed by atoms with E-state index in [1.807, 2.05) is 0 Å². The molecular weight excluding hydrogens is 302 g/mol. The van der Waals surface area contributed by atoms with Crippen LogP contribution in [0.4, 0.5) is 0 Å². The van der Waals surface area contributed by atoms with Crippen LogP contribution in [0, 0.1) is 0 Å². The van der Waals surface area contributed by atoms with Gasteiger partial charge in [-0.05, 0) is 37.8 Å². The van der Waals surface area contributed by atoms with Crippen molar-refractivity contribution >= 4 is 15.9 Å². The molecule has 0 N–H and O–H groups in total. The molecule has 0 aliphatic carbocycles. The molecule has 0 radical (unpaired) electrons. The molecule has 2 fully saturated rings. The molecule has 2 saturated heterocycles. The fourth-order valence-electron chi connectivity index (χ4n) is 3.80. The van der Waals surface area contributed by atoms with E-state index in [-0.39, 0.29) is 5.91 Å². The Hall–Kier alpha value is -1.47. The average Bonchev–Trinajstić information content (AvgIpc) is 2.90. The highest BCUT2D eigenvalue weighted by Gasteiger charge is 2.48. The quantitative estimate of drug-likeness (QED) is 0.817. The molecule has 1 spiro atoms. The fourth-order valence-corrected chi connectivity index (χ4v) is 5.20. The summed E-state index contributed by atoms with van der Waals surface area (Å²) in [5.41, 5.74) is 0.146. The van der Waals surface area contributed by atoms with Crippen LogP contribution < -0.4 is 0 Å². The minimum Gasteiger partial charge on any atom is -0.337 e. The molecule has 0 saturated carbocycles. The third-order valence-corrected chi connectivity index (χ3v) is 6.05. The summed E-state index contributed by atoms with van der Waals surface area (Å²) in [5.74, 6) is -0.0625. The standard InChI is InChI=1S/C15H21N3O3S/c1-22(20,21)18-10-4-7-15(18)6-3-9-17(12-15)14(19)13-5-2-8-16-11-13/h2,5,8,11H,3-4,6-7,9-10,12H2,1H3.